The molecule has 2 aliphatic rings. The topological polar surface area (TPSA) is 62.3 Å². The van der Waals surface area contributed by atoms with Crippen LogP contribution in [0.15, 0.2) is 48.8 Å². The summed E-state index contributed by atoms with van der Waals surface area (Å²) in [6, 6.07) is 12.0. The zero-order chi connectivity index (χ0) is 17.3. The summed E-state index contributed by atoms with van der Waals surface area (Å²) in [6.07, 6.45) is 5.57. The number of nitrogens with zero attached hydrogens (tertiary/aromatic N) is 2. The van der Waals surface area contributed by atoms with E-state index in [9.17, 15) is 9.59 Å². The molecule has 5 heteroatoms. The van der Waals surface area contributed by atoms with Crippen molar-refractivity contribution in [1.82, 2.24) is 15.2 Å². The first-order valence-electron chi connectivity index (χ1n) is 8.72. The molecule has 5 nitrogen and oxygen atoms in total. The minimum Gasteiger partial charge on any atom is -0.351 e. The molecule has 0 spiro atoms. The molecule has 1 aromatic heterocycles. The second kappa shape index (κ2) is 6.31. The van der Waals surface area contributed by atoms with E-state index in [0.717, 1.165) is 12.0 Å². The minimum absolute atomic E-state index is 0.0225. The van der Waals surface area contributed by atoms with Gasteiger partial charge in [-0.25, -0.2) is 0 Å². The van der Waals surface area contributed by atoms with Gasteiger partial charge in [-0.2, -0.15) is 0 Å². The molecule has 2 aromatic rings. The van der Waals surface area contributed by atoms with Gasteiger partial charge < -0.3 is 10.2 Å². The summed E-state index contributed by atoms with van der Waals surface area (Å²) >= 11 is 0. The molecule has 1 fully saturated rings. The molecule has 1 aromatic carbocycles. The summed E-state index contributed by atoms with van der Waals surface area (Å²) in [4.78, 5) is 31.5. The Morgan fingerprint density at radius 1 is 1.12 bits per heavy atom. The van der Waals surface area contributed by atoms with Gasteiger partial charge in [0, 0.05) is 32.0 Å². The average molecular weight is 335 g/mol. The van der Waals surface area contributed by atoms with Crippen LogP contribution in [0, 0.1) is 5.41 Å². The summed E-state index contributed by atoms with van der Waals surface area (Å²) in [7, 11) is 0. The first-order valence-corrected chi connectivity index (χ1v) is 8.72. The smallest absolute Gasteiger partial charge is 0.238 e. The van der Waals surface area contributed by atoms with Crippen LogP contribution in [0.5, 0.6) is 0 Å². The summed E-state index contributed by atoms with van der Waals surface area (Å²) < 4.78 is 0. The number of carbonyl (C=O) groups excluding carboxylic acids is 2. The van der Waals surface area contributed by atoms with Gasteiger partial charge in [-0.15, -0.1) is 0 Å². The van der Waals surface area contributed by atoms with Crippen molar-refractivity contribution in [2.45, 2.75) is 32.4 Å². The van der Waals surface area contributed by atoms with Gasteiger partial charge >= 0.3 is 0 Å². The van der Waals surface area contributed by atoms with Crippen molar-refractivity contribution in [3.05, 3.63) is 65.5 Å². The fraction of sp³-hybridized carbons (Fsp3) is 0.350. The van der Waals surface area contributed by atoms with Crippen molar-refractivity contribution in [1.29, 1.82) is 0 Å². The molecular weight excluding hydrogens is 314 g/mol. The maximum atomic E-state index is 13.0. The predicted molar refractivity (Wildman–Crippen MR) is 93.3 cm³/mol. The lowest BCUT2D eigenvalue weighted by molar-refractivity contribution is -0.145. The van der Waals surface area contributed by atoms with Crippen LogP contribution in [-0.4, -0.2) is 28.2 Å². The summed E-state index contributed by atoms with van der Waals surface area (Å²) in [5, 5.41) is 2.91. The number of amides is 2. The molecule has 2 amide bonds. The highest BCUT2D eigenvalue weighted by molar-refractivity contribution is 6.07. The third-order valence-electron chi connectivity index (χ3n) is 5.19. The van der Waals surface area contributed by atoms with Crippen LogP contribution in [0.4, 0.5) is 0 Å². The van der Waals surface area contributed by atoms with E-state index in [4.69, 9.17) is 0 Å². The molecule has 0 unspecified atom stereocenters. The van der Waals surface area contributed by atoms with Crippen LogP contribution in [0.1, 0.15) is 29.5 Å². The summed E-state index contributed by atoms with van der Waals surface area (Å²) in [5.74, 6) is -0.175. The van der Waals surface area contributed by atoms with Gasteiger partial charge in [0.2, 0.25) is 11.8 Å². The summed E-state index contributed by atoms with van der Waals surface area (Å²) in [6.45, 7) is 1.70. The van der Waals surface area contributed by atoms with E-state index in [0.29, 0.717) is 32.5 Å². The van der Waals surface area contributed by atoms with Crippen molar-refractivity contribution in [3.8, 4) is 0 Å². The van der Waals surface area contributed by atoms with Gasteiger partial charge in [-0.05, 0) is 42.0 Å². The molecule has 4 rings (SSSR count). The van der Waals surface area contributed by atoms with Gasteiger partial charge in [-0.1, -0.05) is 30.3 Å². The lowest BCUT2D eigenvalue weighted by Gasteiger charge is -2.31. The SMILES string of the molecule is O=C(NCc1cccnc1)C1(C(=O)N2CCc3ccccc3C2)CC1. The Balaban J connectivity index is 1.42. The van der Waals surface area contributed by atoms with Gasteiger partial charge in [-0.3, -0.25) is 14.6 Å². The Kier molecular flexibility index (Phi) is 3.99. The van der Waals surface area contributed by atoms with E-state index < -0.39 is 5.41 Å². The van der Waals surface area contributed by atoms with Gasteiger partial charge in [0.05, 0.1) is 0 Å². The number of pyridine rings is 1. The van der Waals surface area contributed by atoms with Crippen LogP contribution >= 0.6 is 0 Å². The monoisotopic (exact) mass is 335 g/mol. The van der Waals surface area contributed by atoms with Gasteiger partial charge in [0.25, 0.3) is 0 Å². The molecule has 0 atom stereocenters. The third-order valence-corrected chi connectivity index (χ3v) is 5.19. The number of benzene rings is 1. The number of hydrogen-bond donors (Lipinski definition) is 1. The number of aromatic nitrogens is 1. The van der Waals surface area contributed by atoms with Crippen molar-refractivity contribution in [2.24, 2.45) is 5.41 Å². The number of fused-ring (bicyclic) bond motifs is 1. The maximum absolute atomic E-state index is 13.0. The number of rotatable bonds is 4. The zero-order valence-electron chi connectivity index (χ0n) is 14.1. The maximum Gasteiger partial charge on any atom is 0.238 e. The van der Waals surface area contributed by atoms with E-state index in [-0.39, 0.29) is 11.8 Å². The number of carbonyl (C=O) groups is 2. The fourth-order valence-corrected chi connectivity index (χ4v) is 3.49. The minimum atomic E-state index is -0.853. The average Bonchev–Trinajstić information content (AvgIpc) is 3.48. The number of nitrogens with one attached hydrogen (secondary N) is 1. The van der Waals surface area contributed by atoms with Crippen molar-refractivity contribution in [2.75, 3.05) is 6.54 Å². The Morgan fingerprint density at radius 3 is 2.64 bits per heavy atom. The number of hydrogen-bond acceptors (Lipinski definition) is 3. The van der Waals surface area contributed by atoms with E-state index in [1.165, 1.54) is 11.1 Å². The van der Waals surface area contributed by atoms with Gasteiger partial charge in [0.15, 0.2) is 0 Å². The van der Waals surface area contributed by atoms with Crippen LogP contribution < -0.4 is 5.32 Å². The second-order valence-electron chi connectivity index (χ2n) is 6.87. The van der Waals surface area contributed by atoms with Crippen LogP contribution in [0.3, 0.4) is 0 Å². The van der Waals surface area contributed by atoms with Crippen molar-refractivity contribution >= 4 is 11.8 Å². The Bertz CT molecular complexity index is 800. The van der Waals surface area contributed by atoms with Crippen LogP contribution in [0.25, 0.3) is 0 Å². The van der Waals surface area contributed by atoms with E-state index >= 15 is 0 Å². The molecule has 0 bridgehead atoms. The molecule has 1 aliphatic carbocycles. The highest BCUT2D eigenvalue weighted by Gasteiger charge is 2.58. The molecule has 1 aliphatic heterocycles. The molecule has 25 heavy (non-hydrogen) atoms. The van der Waals surface area contributed by atoms with Crippen LogP contribution in [0.2, 0.25) is 0 Å². The van der Waals surface area contributed by atoms with E-state index in [1.807, 2.05) is 29.2 Å². The van der Waals surface area contributed by atoms with Crippen molar-refractivity contribution < 1.29 is 9.59 Å². The molecule has 2 heterocycles. The first kappa shape index (κ1) is 15.8. The standard InChI is InChI=1S/C20H21N3O2/c24-18(22-13-15-4-3-10-21-12-15)20(8-9-20)19(25)23-11-7-16-5-1-2-6-17(16)14-23/h1-6,10,12H,7-9,11,13-14H2,(H,22,24). The quantitative estimate of drug-likeness (QED) is 0.870. The zero-order valence-corrected chi connectivity index (χ0v) is 14.1. The lowest BCUT2D eigenvalue weighted by atomic mass is 9.97. The van der Waals surface area contributed by atoms with Crippen LogP contribution in [-0.2, 0) is 29.1 Å². The molecule has 128 valence electrons. The first-order chi connectivity index (χ1) is 12.2. The van der Waals surface area contributed by atoms with E-state index in [2.05, 4.69) is 22.4 Å². The highest BCUT2D eigenvalue weighted by atomic mass is 16.2. The highest BCUT2D eigenvalue weighted by Crippen LogP contribution is 2.48. The fourth-order valence-electron chi connectivity index (χ4n) is 3.49. The predicted octanol–water partition coefficient (Wildman–Crippen LogP) is 2.06. The van der Waals surface area contributed by atoms with Gasteiger partial charge in [0.1, 0.15) is 5.41 Å². The molecular formula is C20H21N3O2. The Hall–Kier alpha value is -2.69. The Morgan fingerprint density at radius 2 is 1.92 bits per heavy atom. The normalized spacial score (nSPS) is 17.5. The Labute approximate surface area is 147 Å². The van der Waals surface area contributed by atoms with Crippen molar-refractivity contribution in [3.63, 3.8) is 0 Å². The second-order valence-corrected chi connectivity index (χ2v) is 6.87. The molecule has 1 saturated carbocycles. The molecule has 0 saturated heterocycles. The molecule has 1 N–H and O–H groups in total. The largest absolute Gasteiger partial charge is 0.351 e. The third kappa shape index (κ3) is 3.02. The lowest BCUT2D eigenvalue weighted by Crippen LogP contribution is -2.46. The summed E-state index contributed by atoms with van der Waals surface area (Å²) in [5.41, 5.74) is 2.58. The molecule has 0 radical (unpaired) electrons. The van der Waals surface area contributed by atoms with E-state index in [1.54, 1.807) is 12.4 Å².